The molecule has 49 heavy (non-hydrogen) atoms. The van der Waals surface area contributed by atoms with Crippen LogP contribution in [0.5, 0.6) is 0 Å². The van der Waals surface area contributed by atoms with Crippen molar-refractivity contribution in [2.45, 2.75) is 168 Å². The largest absolute Gasteiger partial charge is 0.488 e. The molecule has 0 saturated carbocycles. The molecule has 12 nitrogen and oxygen atoms in total. The Bertz CT molecular complexity index is 1240. The summed E-state index contributed by atoms with van der Waals surface area (Å²) >= 11 is 0. The zero-order valence-corrected chi connectivity index (χ0v) is 32.1. The van der Waals surface area contributed by atoms with Gasteiger partial charge in [-0.2, -0.15) is 0 Å². The van der Waals surface area contributed by atoms with E-state index in [9.17, 15) is 19.8 Å². The van der Waals surface area contributed by atoms with Gasteiger partial charge in [0, 0.05) is 31.9 Å². The van der Waals surface area contributed by atoms with Gasteiger partial charge in [-0.15, -0.1) is 0 Å². The summed E-state index contributed by atoms with van der Waals surface area (Å²) in [5, 5.41) is 22.5. The highest BCUT2D eigenvalue weighted by Crippen LogP contribution is 2.47. The lowest BCUT2D eigenvalue weighted by Crippen LogP contribution is -2.60. The zero-order valence-electron chi connectivity index (χ0n) is 32.1. The predicted octanol–water partition coefficient (Wildman–Crippen LogP) is 3.99. The Morgan fingerprint density at radius 3 is 2.16 bits per heavy atom. The molecule has 2 N–H and O–H groups in total. The first-order chi connectivity index (χ1) is 22.6. The van der Waals surface area contributed by atoms with E-state index in [-0.39, 0.29) is 24.3 Å². The molecule has 0 spiro atoms. The molecule has 0 aromatic heterocycles. The van der Waals surface area contributed by atoms with Crippen molar-refractivity contribution in [3.05, 3.63) is 11.3 Å². The number of rotatable bonds is 6. The number of ketones is 1. The predicted molar refractivity (Wildman–Crippen MR) is 181 cm³/mol. The molecular formula is C37H63NO11. The number of carbonyl (C=O) groups excluding carboxylic acids is 2. The summed E-state index contributed by atoms with van der Waals surface area (Å²) in [5.74, 6) is -2.09. The van der Waals surface area contributed by atoms with Crippen LogP contribution in [0.2, 0.25) is 0 Å². The number of fused-ring (bicyclic) bond motifs is 2. The molecule has 10 unspecified atom stereocenters. The maximum Gasteiger partial charge on any atom is 0.311 e. The van der Waals surface area contributed by atoms with Crippen LogP contribution >= 0.6 is 0 Å². The molecule has 4 heterocycles. The first-order valence-electron chi connectivity index (χ1n) is 17.9. The number of nitrogens with zero attached hydrogens (tertiary/aromatic N) is 1. The lowest BCUT2D eigenvalue weighted by molar-refractivity contribution is -0.316. The van der Waals surface area contributed by atoms with E-state index in [1.807, 2.05) is 53.6 Å². The lowest BCUT2D eigenvalue weighted by Gasteiger charge is -2.48. The summed E-state index contributed by atoms with van der Waals surface area (Å²) in [6.45, 7) is 20.2. The average molecular weight is 698 g/mol. The highest BCUT2D eigenvalue weighted by molar-refractivity contribution is 5.89. The maximum atomic E-state index is 14.1. The van der Waals surface area contributed by atoms with Crippen molar-refractivity contribution in [2.24, 2.45) is 23.2 Å². The van der Waals surface area contributed by atoms with Crippen LogP contribution in [0.3, 0.4) is 0 Å². The molecule has 0 aromatic carbocycles. The van der Waals surface area contributed by atoms with Gasteiger partial charge in [0.1, 0.15) is 35.8 Å². The Morgan fingerprint density at radius 2 is 1.57 bits per heavy atom. The van der Waals surface area contributed by atoms with Gasteiger partial charge in [0.15, 0.2) is 18.4 Å². The molecule has 4 aliphatic rings. The molecule has 0 radical (unpaired) electrons. The van der Waals surface area contributed by atoms with E-state index in [4.69, 9.17) is 33.2 Å². The van der Waals surface area contributed by atoms with E-state index in [0.29, 0.717) is 18.6 Å². The minimum Gasteiger partial charge on any atom is -0.488 e. The van der Waals surface area contributed by atoms with Crippen molar-refractivity contribution in [1.29, 1.82) is 0 Å². The van der Waals surface area contributed by atoms with E-state index in [1.54, 1.807) is 41.5 Å². The number of likely N-dealkylation sites (N-methyl/N-ethyl adjacent to an activating group) is 1. The van der Waals surface area contributed by atoms with Crippen LogP contribution in [0, 0.1) is 23.2 Å². The number of carbonyl (C=O) groups is 2. The van der Waals surface area contributed by atoms with Crippen molar-refractivity contribution < 1.29 is 53.0 Å². The molecule has 3 fully saturated rings. The van der Waals surface area contributed by atoms with Gasteiger partial charge >= 0.3 is 5.97 Å². The maximum absolute atomic E-state index is 14.1. The highest BCUT2D eigenvalue weighted by Gasteiger charge is 2.55. The summed E-state index contributed by atoms with van der Waals surface area (Å²) in [4.78, 5) is 30.1. The summed E-state index contributed by atoms with van der Waals surface area (Å²) < 4.78 is 44.7. The van der Waals surface area contributed by atoms with Gasteiger partial charge in [-0.1, -0.05) is 6.92 Å². The van der Waals surface area contributed by atoms with Crippen molar-refractivity contribution >= 4 is 11.8 Å². The third-order valence-corrected chi connectivity index (χ3v) is 11.9. The number of Topliss-reactive ketones (excluding diaryl/α,β-unsaturated/α-hetero) is 1. The second-order valence-electron chi connectivity index (χ2n) is 16.4. The van der Waals surface area contributed by atoms with Crippen LogP contribution in [0.4, 0.5) is 0 Å². The number of aliphatic hydroxyl groups excluding tert-OH is 2. The Hall–Kier alpha value is -1.64. The molecule has 4 rings (SSSR count). The number of aliphatic hydroxyl groups is 2. The number of methoxy groups -OCH3 is 1. The van der Waals surface area contributed by atoms with Gasteiger partial charge in [-0.3, -0.25) is 9.59 Å². The van der Waals surface area contributed by atoms with E-state index < -0.39 is 89.5 Å². The quantitative estimate of drug-likeness (QED) is 0.388. The smallest absolute Gasteiger partial charge is 0.311 e. The second-order valence-corrected chi connectivity index (χ2v) is 16.4. The fourth-order valence-corrected chi connectivity index (χ4v) is 8.31. The summed E-state index contributed by atoms with van der Waals surface area (Å²) in [5.41, 5.74) is -2.09. The lowest BCUT2D eigenvalue weighted by atomic mass is 9.76. The Labute approximate surface area is 293 Å². The number of ether oxygens (including phenoxy) is 7. The number of esters is 1. The number of hydrogen-bond donors (Lipinski definition) is 2. The van der Waals surface area contributed by atoms with Crippen LogP contribution in [0.15, 0.2) is 11.3 Å². The first-order valence-corrected chi connectivity index (χ1v) is 17.9. The molecule has 0 aromatic rings. The van der Waals surface area contributed by atoms with Crippen LogP contribution < -0.4 is 0 Å². The zero-order chi connectivity index (χ0) is 37.0. The molecule has 282 valence electrons. The third-order valence-electron chi connectivity index (χ3n) is 11.9. The van der Waals surface area contributed by atoms with Gasteiger partial charge in [-0.25, -0.2) is 0 Å². The van der Waals surface area contributed by atoms with Crippen molar-refractivity contribution in [3.63, 3.8) is 0 Å². The average Bonchev–Trinajstić information content (AvgIpc) is 3.34. The van der Waals surface area contributed by atoms with Crippen molar-refractivity contribution in [3.8, 4) is 0 Å². The molecule has 15 atom stereocenters. The monoisotopic (exact) mass is 697 g/mol. The minimum absolute atomic E-state index is 0.104. The molecule has 12 heteroatoms. The van der Waals surface area contributed by atoms with Crippen LogP contribution in [0.25, 0.3) is 0 Å². The standard InChI is InChI=1S/C37H63NO11/c1-18-16-37(11)32(48-34-27(39)25(38(12)13)15-19(2)44-34)21(4)29(47-26-17-36(10,43-14)31(41)23(6)45-26)22(5)33(42)46-24(7)35(8,9)30(40)20(3)28(18)49-37/h19-27,29,31-32,34,39,41H,15-17H2,1-14H3/t19-,20+,21+,22?,23+,24?,25?,26?,27?,29?,31?,32?,34?,36-,37?/m1/s1. The normalized spacial score (nSPS) is 46.8. The molecule has 0 amide bonds. The first kappa shape index (κ1) is 40.1. The van der Waals surface area contributed by atoms with E-state index in [0.717, 1.165) is 5.57 Å². The van der Waals surface area contributed by atoms with Gasteiger partial charge in [-0.05, 0) is 95.3 Å². The fourth-order valence-electron chi connectivity index (χ4n) is 8.31. The van der Waals surface area contributed by atoms with Gasteiger partial charge in [0.25, 0.3) is 0 Å². The molecule has 4 aliphatic heterocycles. The Kier molecular flexibility index (Phi) is 12.1. The molecule has 3 saturated heterocycles. The topological polar surface area (TPSA) is 142 Å². The SMILES string of the molecule is CO[C@]1(C)CC(OC2C(C)C(=O)OC(C)C(C)(C)C(=O)[C@@H](C)C3=C(C)CC(C)(O3)C(OC3O[C@H](C)CC(N(C)C)C3O)[C@H]2C)O[C@@H](C)C1O. The number of allylic oxidation sites excluding steroid dienone is 1. The second kappa shape index (κ2) is 14.8. The van der Waals surface area contributed by atoms with Crippen LogP contribution in [-0.2, 0) is 42.7 Å². The summed E-state index contributed by atoms with van der Waals surface area (Å²) in [6.07, 6.45) is -5.69. The Balaban J connectivity index is 1.83. The summed E-state index contributed by atoms with van der Waals surface area (Å²) in [6, 6.07) is -0.218. The molecular weight excluding hydrogens is 634 g/mol. The fraction of sp³-hybridized carbons (Fsp3) is 0.892. The van der Waals surface area contributed by atoms with Crippen LogP contribution in [0.1, 0.15) is 95.4 Å². The van der Waals surface area contributed by atoms with Crippen molar-refractivity contribution in [2.75, 3.05) is 21.2 Å². The van der Waals surface area contributed by atoms with Gasteiger partial charge < -0.3 is 48.3 Å². The molecule has 2 bridgehead atoms. The Morgan fingerprint density at radius 1 is 0.939 bits per heavy atom. The van der Waals surface area contributed by atoms with E-state index in [1.165, 1.54) is 7.11 Å². The third kappa shape index (κ3) is 7.77. The van der Waals surface area contributed by atoms with Gasteiger partial charge in [0.2, 0.25) is 0 Å². The van der Waals surface area contributed by atoms with Crippen LogP contribution in [-0.4, -0.2) is 121 Å². The minimum atomic E-state index is -1.03. The van der Waals surface area contributed by atoms with E-state index in [2.05, 4.69) is 0 Å². The summed E-state index contributed by atoms with van der Waals surface area (Å²) in [7, 11) is 5.37. The number of cyclic esters (lactones) is 1. The highest BCUT2D eigenvalue weighted by atomic mass is 16.7. The van der Waals surface area contributed by atoms with Gasteiger partial charge in [0.05, 0.1) is 41.2 Å². The molecule has 0 aliphatic carbocycles. The van der Waals surface area contributed by atoms with Crippen molar-refractivity contribution in [1.82, 2.24) is 4.90 Å². The number of hydrogen-bond acceptors (Lipinski definition) is 12. The van der Waals surface area contributed by atoms with E-state index >= 15 is 0 Å².